The van der Waals surface area contributed by atoms with Crippen LogP contribution < -0.4 is 0 Å². The van der Waals surface area contributed by atoms with E-state index in [1.54, 1.807) is 54.9 Å². The Morgan fingerprint density at radius 3 is 1.51 bits per heavy atom. The first-order chi connectivity index (χ1) is 17.9. The van der Waals surface area contributed by atoms with E-state index in [-0.39, 0.29) is 17.3 Å². The maximum atomic E-state index is 12.9. The molecule has 6 aromatic rings. The van der Waals surface area contributed by atoms with Gasteiger partial charge in [0.25, 0.3) is 0 Å². The smallest absolute Gasteiger partial charge is 0.149 e. The van der Waals surface area contributed by atoms with E-state index in [1.807, 2.05) is 36.4 Å². The summed E-state index contributed by atoms with van der Waals surface area (Å²) in [5.41, 5.74) is 3.82. The molecular weight excluding hydrogens is 510 g/mol. The van der Waals surface area contributed by atoms with Crippen molar-refractivity contribution in [3.05, 3.63) is 119 Å². The predicted molar refractivity (Wildman–Crippen MR) is 148 cm³/mol. The molecule has 0 radical (unpaired) electrons. The number of phenols is 2. The van der Waals surface area contributed by atoms with E-state index in [0.29, 0.717) is 43.2 Å². The molecule has 2 aromatic heterocycles. The van der Waals surface area contributed by atoms with Crippen LogP contribution in [0.3, 0.4) is 0 Å². The highest BCUT2D eigenvalue weighted by atomic mass is 35.5. The van der Waals surface area contributed by atoms with Crippen molar-refractivity contribution in [1.29, 1.82) is 0 Å². The second-order valence-corrected chi connectivity index (χ2v) is 9.00. The lowest BCUT2D eigenvalue weighted by atomic mass is 10.0. The third kappa shape index (κ3) is 4.92. The molecule has 2 heterocycles. The van der Waals surface area contributed by atoms with Gasteiger partial charge in [-0.25, -0.2) is 4.39 Å². The van der Waals surface area contributed by atoms with Crippen molar-refractivity contribution in [3.8, 4) is 33.8 Å². The van der Waals surface area contributed by atoms with Crippen LogP contribution in [0.1, 0.15) is 0 Å². The molecule has 0 amide bonds. The van der Waals surface area contributed by atoms with Gasteiger partial charge in [-0.2, -0.15) is 0 Å². The number of fused-ring (bicyclic) bond motifs is 2. The summed E-state index contributed by atoms with van der Waals surface area (Å²) < 4.78 is 12.9. The van der Waals surface area contributed by atoms with Crippen LogP contribution >= 0.6 is 23.2 Å². The van der Waals surface area contributed by atoms with E-state index in [2.05, 4.69) is 9.97 Å². The minimum atomic E-state index is -0.326. The van der Waals surface area contributed by atoms with Gasteiger partial charge in [-0.15, -0.1) is 0 Å². The Morgan fingerprint density at radius 2 is 1.03 bits per heavy atom. The number of aromatic hydroxyl groups is 2. The average Bonchev–Trinajstić information content (AvgIpc) is 2.94. The Kier molecular flexibility index (Phi) is 6.91. The molecule has 0 aliphatic carbocycles. The molecule has 0 bridgehead atoms. The molecule has 0 saturated carbocycles. The number of rotatable bonds is 2. The predicted octanol–water partition coefficient (Wildman–Crippen LogP) is 8.66. The zero-order valence-electron chi connectivity index (χ0n) is 19.2. The highest BCUT2D eigenvalue weighted by Gasteiger charge is 2.13. The fourth-order valence-electron chi connectivity index (χ4n) is 4.06. The monoisotopic (exact) mass is 528 g/mol. The molecule has 6 rings (SSSR count). The lowest BCUT2D eigenvalue weighted by molar-refractivity contribution is 0.482. The van der Waals surface area contributed by atoms with Crippen LogP contribution in [0, 0.1) is 5.82 Å². The van der Waals surface area contributed by atoms with Crippen LogP contribution in [0.2, 0.25) is 10.0 Å². The minimum Gasteiger partial charge on any atom is -0.505 e. The van der Waals surface area contributed by atoms with Crippen molar-refractivity contribution >= 4 is 45.0 Å². The summed E-state index contributed by atoms with van der Waals surface area (Å²) in [4.78, 5) is 8.33. The highest BCUT2D eigenvalue weighted by molar-refractivity contribution is 6.36. The second kappa shape index (κ2) is 10.4. The molecule has 182 valence electrons. The number of benzene rings is 4. The van der Waals surface area contributed by atoms with E-state index in [9.17, 15) is 14.6 Å². The number of aromatic nitrogens is 2. The molecule has 0 atom stereocenters. The molecule has 0 spiro atoms. The van der Waals surface area contributed by atoms with Gasteiger partial charge in [0.15, 0.2) is 0 Å². The van der Waals surface area contributed by atoms with Gasteiger partial charge in [-0.1, -0.05) is 65.7 Å². The Morgan fingerprint density at radius 1 is 0.568 bits per heavy atom. The zero-order valence-corrected chi connectivity index (χ0v) is 20.7. The molecule has 0 saturated heterocycles. The van der Waals surface area contributed by atoms with Crippen LogP contribution in [0.25, 0.3) is 44.1 Å². The minimum absolute atomic E-state index is 0.0478. The van der Waals surface area contributed by atoms with Crippen LogP contribution in [-0.4, -0.2) is 20.2 Å². The SMILES string of the molecule is Oc1c(-c2ccc(F)cc2)cc(Cl)c2cccnc12.Oc1c(-c2ccccc2)cc(Cl)c2cccnc12. The van der Waals surface area contributed by atoms with E-state index in [0.717, 1.165) is 10.9 Å². The first kappa shape index (κ1) is 24.5. The van der Waals surface area contributed by atoms with Gasteiger partial charge in [-0.05, 0) is 59.7 Å². The third-order valence-corrected chi connectivity index (χ3v) is 6.50. The molecule has 7 heteroatoms. The van der Waals surface area contributed by atoms with Gasteiger partial charge in [0.1, 0.15) is 28.3 Å². The lowest BCUT2D eigenvalue weighted by Crippen LogP contribution is -1.86. The Labute approximate surface area is 222 Å². The van der Waals surface area contributed by atoms with Crippen molar-refractivity contribution in [3.63, 3.8) is 0 Å². The van der Waals surface area contributed by atoms with E-state index in [4.69, 9.17) is 23.2 Å². The fraction of sp³-hybridized carbons (Fsp3) is 0. The van der Waals surface area contributed by atoms with Gasteiger partial charge in [0, 0.05) is 34.3 Å². The molecular formula is C30H19Cl2FN2O2. The highest BCUT2D eigenvalue weighted by Crippen LogP contribution is 2.40. The molecule has 0 unspecified atom stereocenters. The molecule has 4 aromatic carbocycles. The van der Waals surface area contributed by atoms with Crippen LogP contribution in [0.5, 0.6) is 11.5 Å². The Balaban J connectivity index is 0.000000152. The van der Waals surface area contributed by atoms with Gasteiger partial charge < -0.3 is 10.2 Å². The fourth-order valence-corrected chi connectivity index (χ4v) is 4.58. The van der Waals surface area contributed by atoms with Crippen LogP contribution in [0.4, 0.5) is 4.39 Å². The molecule has 2 N–H and O–H groups in total. The summed E-state index contributed by atoms with van der Waals surface area (Å²) >= 11 is 12.4. The zero-order chi connectivity index (χ0) is 25.9. The number of hydrogen-bond acceptors (Lipinski definition) is 4. The molecule has 37 heavy (non-hydrogen) atoms. The number of nitrogens with zero attached hydrogens (tertiary/aromatic N) is 2. The maximum absolute atomic E-state index is 12.9. The van der Waals surface area contributed by atoms with Gasteiger partial charge in [0.2, 0.25) is 0 Å². The average molecular weight is 529 g/mol. The molecule has 0 aliphatic rings. The quantitative estimate of drug-likeness (QED) is 0.236. The van der Waals surface area contributed by atoms with Crippen molar-refractivity contribution in [2.75, 3.05) is 0 Å². The number of pyridine rings is 2. The topological polar surface area (TPSA) is 66.2 Å². The van der Waals surface area contributed by atoms with Gasteiger partial charge in [-0.3, -0.25) is 9.97 Å². The van der Waals surface area contributed by atoms with E-state index in [1.165, 1.54) is 12.1 Å². The molecule has 4 nitrogen and oxygen atoms in total. The van der Waals surface area contributed by atoms with Crippen LogP contribution in [0.15, 0.2) is 103 Å². The number of hydrogen-bond donors (Lipinski definition) is 2. The van der Waals surface area contributed by atoms with Crippen molar-refractivity contribution in [1.82, 2.24) is 9.97 Å². The van der Waals surface area contributed by atoms with Crippen LogP contribution in [-0.2, 0) is 0 Å². The van der Waals surface area contributed by atoms with Crippen molar-refractivity contribution < 1.29 is 14.6 Å². The van der Waals surface area contributed by atoms with Gasteiger partial charge in [0.05, 0.1) is 10.0 Å². The first-order valence-corrected chi connectivity index (χ1v) is 12.0. The summed E-state index contributed by atoms with van der Waals surface area (Å²) in [6.07, 6.45) is 3.24. The van der Waals surface area contributed by atoms with Gasteiger partial charge >= 0.3 is 0 Å². The second-order valence-electron chi connectivity index (χ2n) is 8.18. The summed E-state index contributed by atoms with van der Waals surface area (Å²) in [7, 11) is 0. The molecule has 0 fully saturated rings. The number of halogens is 3. The van der Waals surface area contributed by atoms with E-state index >= 15 is 0 Å². The van der Waals surface area contributed by atoms with Crippen molar-refractivity contribution in [2.24, 2.45) is 0 Å². The first-order valence-electron chi connectivity index (χ1n) is 11.3. The maximum Gasteiger partial charge on any atom is 0.149 e. The normalized spacial score (nSPS) is 10.8. The Bertz CT molecular complexity index is 1730. The van der Waals surface area contributed by atoms with E-state index < -0.39 is 0 Å². The standard InChI is InChI=1S/C15H9ClFNO.C15H10ClNO/c16-13-8-12(9-3-5-10(17)6-4-9)15(19)14-11(13)2-1-7-18-14;16-13-9-12(10-5-2-1-3-6-10)15(18)14-11(13)7-4-8-17-14/h1-8,19H;1-9,18H. The Hall–Kier alpha value is -4.19. The summed E-state index contributed by atoms with van der Waals surface area (Å²) in [5.74, 6) is -0.110. The lowest BCUT2D eigenvalue weighted by Gasteiger charge is -2.09. The summed E-state index contributed by atoms with van der Waals surface area (Å²) in [6.45, 7) is 0. The van der Waals surface area contributed by atoms with Crippen molar-refractivity contribution in [2.45, 2.75) is 0 Å². The number of phenolic OH excluding ortho intramolecular Hbond substituents is 2. The molecule has 0 aliphatic heterocycles. The summed E-state index contributed by atoms with van der Waals surface area (Å²) in [6, 6.07) is 26.1. The summed E-state index contributed by atoms with van der Waals surface area (Å²) in [5, 5.41) is 23.1. The largest absolute Gasteiger partial charge is 0.505 e. The third-order valence-electron chi connectivity index (χ3n) is 5.87.